The summed E-state index contributed by atoms with van der Waals surface area (Å²) in [5.41, 5.74) is 2.77. The number of anilines is 3. The first-order chi connectivity index (χ1) is 17.5. The van der Waals surface area contributed by atoms with E-state index in [1.807, 2.05) is 24.3 Å². The van der Waals surface area contributed by atoms with Crippen molar-refractivity contribution in [2.45, 2.75) is 19.3 Å². The molecule has 8 nitrogen and oxygen atoms in total. The van der Waals surface area contributed by atoms with E-state index in [9.17, 15) is 14.4 Å². The van der Waals surface area contributed by atoms with E-state index in [1.54, 1.807) is 64.3 Å². The maximum absolute atomic E-state index is 13.6. The fourth-order valence-corrected chi connectivity index (χ4v) is 4.65. The predicted molar refractivity (Wildman–Crippen MR) is 137 cm³/mol. The topological polar surface area (TPSA) is 79.4 Å². The largest absolute Gasteiger partial charge is 0.497 e. The first-order valence-corrected chi connectivity index (χ1v) is 11.9. The summed E-state index contributed by atoms with van der Waals surface area (Å²) >= 11 is 0. The van der Waals surface area contributed by atoms with E-state index < -0.39 is 0 Å². The lowest BCUT2D eigenvalue weighted by molar-refractivity contribution is -0.119. The van der Waals surface area contributed by atoms with Crippen molar-refractivity contribution in [3.63, 3.8) is 0 Å². The summed E-state index contributed by atoms with van der Waals surface area (Å²) < 4.78 is 10.6. The maximum atomic E-state index is 13.6. The van der Waals surface area contributed by atoms with Crippen molar-refractivity contribution in [3.05, 3.63) is 77.9 Å². The van der Waals surface area contributed by atoms with Crippen LogP contribution in [-0.4, -0.2) is 45.2 Å². The Bertz CT molecular complexity index is 1320. The zero-order chi connectivity index (χ0) is 25.2. The zero-order valence-corrected chi connectivity index (χ0v) is 20.3. The molecule has 3 aromatic carbocycles. The van der Waals surface area contributed by atoms with Crippen molar-refractivity contribution in [1.82, 2.24) is 0 Å². The van der Waals surface area contributed by atoms with E-state index in [1.165, 1.54) is 7.11 Å². The molecule has 0 atom stereocenters. The monoisotopic (exact) mass is 485 g/mol. The van der Waals surface area contributed by atoms with Gasteiger partial charge in [0.15, 0.2) is 0 Å². The van der Waals surface area contributed by atoms with Gasteiger partial charge in [-0.2, -0.15) is 0 Å². The molecule has 0 saturated carbocycles. The Morgan fingerprint density at radius 3 is 2.19 bits per heavy atom. The van der Waals surface area contributed by atoms with Crippen molar-refractivity contribution in [2.24, 2.45) is 0 Å². The van der Waals surface area contributed by atoms with Gasteiger partial charge in [-0.1, -0.05) is 6.07 Å². The summed E-state index contributed by atoms with van der Waals surface area (Å²) in [6, 6.07) is 19.4. The number of fused-ring (bicyclic) bond motifs is 1. The number of methoxy groups -OCH3 is 2. The second kappa shape index (κ2) is 9.73. The molecule has 0 aromatic heterocycles. The molecular formula is C28H27N3O5. The van der Waals surface area contributed by atoms with Gasteiger partial charge in [0.2, 0.25) is 5.91 Å². The Balaban J connectivity index is 1.51. The summed E-state index contributed by atoms with van der Waals surface area (Å²) in [6.45, 7) is 0.729. The highest BCUT2D eigenvalue weighted by Gasteiger charge is 2.34. The van der Waals surface area contributed by atoms with Crippen molar-refractivity contribution < 1.29 is 23.9 Å². The fourth-order valence-electron chi connectivity index (χ4n) is 4.65. The first kappa shape index (κ1) is 23.4. The quantitative estimate of drug-likeness (QED) is 0.532. The second-order valence-corrected chi connectivity index (χ2v) is 8.74. The van der Waals surface area contributed by atoms with Crippen molar-refractivity contribution in [2.75, 3.05) is 42.1 Å². The minimum absolute atomic E-state index is 0.0379. The van der Waals surface area contributed by atoms with E-state index in [-0.39, 0.29) is 24.4 Å². The number of piperidine rings is 1. The number of nitrogens with zero attached hydrogens (tertiary/aromatic N) is 3. The number of hydrogen-bond donors (Lipinski definition) is 0. The number of ether oxygens (including phenoxy) is 2. The Morgan fingerprint density at radius 1 is 0.806 bits per heavy atom. The molecule has 36 heavy (non-hydrogen) atoms. The van der Waals surface area contributed by atoms with Crippen LogP contribution in [0.4, 0.5) is 17.1 Å². The minimum atomic E-state index is -0.256. The fraction of sp³-hybridized carbons (Fsp3) is 0.250. The van der Waals surface area contributed by atoms with Crippen molar-refractivity contribution in [1.29, 1.82) is 0 Å². The van der Waals surface area contributed by atoms with Crippen LogP contribution in [0, 0.1) is 0 Å². The van der Waals surface area contributed by atoms with Gasteiger partial charge in [0, 0.05) is 29.9 Å². The number of benzene rings is 3. The highest BCUT2D eigenvalue weighted by molar-refractivity contribution is 6.18. The Kier molecular flexibility index (Phi) is 6.33. The summed E-state index contributed by atoms with van der Waals surface area (Å²) in [7, 11) is 3.08. The van der Waals surface area contributed by atoms with E-state index >= 15 is 0 Å². The zero-order valence-electron chi connectivity index (χ0n) is 20.3. The Labute approximate surface area is 209 Å². The van der Waals surface area contributed by atoms with Gasteiger partial charge in [-0.05, 0) is 73.5 Å². The van der Waals surface area contributed by atoms with Crippen LogP contribution in [-0.2, 0) is 4.79 Å². The lowest BCUT2D eigenvalue weighted by Gasteiger charge is -2.37. The van der Waals surface area contributed by atoms with Crippen LogP contribution >= 0.6 is 0 Å². The number of rotatable bonds is 5. The number of amides is 3. The summed E-state index contributed by atoms with van der Waals surface area (Å²) in [5.74, 6) is 0.716. The molecule has 0 bridgehead atoms. The van der Waals surface area contributed by atoms with Gasteiger partial charge in [-0.25, -0.2) is 0 Å². The van der Waals surface area contributed by atoms with Crippen LogP contribution in [0.25, 0.3) is 0 Å². The first-order valence-electron chi connectivity index (χ1n) is 11.9. The molecule has 5 rings (SSSR count). The second-order valence-electron chi connectivity index (χ2n) is 8.74. The molecule has 2 heterocycles. The average Bonchev–Trinajstić information content (AvgIpc) is 2.93. The van der Waals surface area contributed by atoms with Gasteiger partial charge in [-0.3, -0.25) is 24.2 Å². The number of carbonyl (C=O) groups excluding carboxylic acids is 3. The van der Waals surface area contributed by atoms with Gasteiger partial charge < -0.3 is 14.4 Å². The number of hydrogen-bond acceptors (Lipinski definition) is 5. The molecule has 0 N–H and O–H groups in total. The van der Waals surface area contributed by atoms with E-state index in [2.05, 4.69) is 0 Å². The standard InChI is InChI=1S/C28H27N3O5/c1-35-22-7-5-6-19(16-22)27(33)31-18-30(28(34)24-17-23(36-2)13-14-25(24)31)21-11-9-20(10-12-21)29-15-4-3-8-26(29)32/h5-7,9-14,16-17H,3-4,8,15,18H2,1-2H3. The van der Waals surface area contributed by atoms with Crippen LogP contribution in [0.5, 0.6) is 11.5 Å². The third-order valence-corrected chi connectivity index (χ3v) is 6.61. The van der Waals surface area contributed by atoms with E-state index in [0.717, 1.165) is 18.5 Å². The molecular weight excluding hydrogens is 458 g/mol. The third kappa shape index (κ3) is 4.26. The SMILES string of the molecule is COc1cccc(C(=O)N2CN(c3ccc(N4CCCCC4=O)cc3)C(=O)c3cc(OC)ccc32)c1. The minimum Gasteiger partial charge on any atom is -0.497 e. The van der Waals surface area contributed by atoms with Gasteiger partial charge in [-0.15, -0.1) is 0 Å². The Hall–Kier alpha value is -4.33. The third-order valence-electron chi connectivity index (χ3n) is 6.61. The summed E-state index contributed by atoms with van der Waals surface area (Å²) in [6.07, 6.45) is 2.43. The smallest absolute Gasteiger partial charge is 0.262 e. The Morgan fingerprint density at radius 2 is 1.50 bits per heavy atom. The molecule has 8 heteroatoms. The molecule has 0 radical (unpaired) electrons. The summed E-state index contributed by atoms with van der Waals surface area (Å²) in [5, 5.41) is 0. The van der Waals surface area contributed by atoms with Gasteiger partial charge in [0.1, 0.15) is 18.2 Å². The molecule has 2 aliphatic rings. The maximum Gasteiger partial charge on any atom is 0.262 e. The van der Waals surface area contributed by atoms with E-state index in [0.29, 0.717) is 47.0 Å². The van der Waals surface area contributed by atoms with Crippen molar-refractivity contribution in [3.8, 4) is 11.5 Å². The van der Waals surface area contributed by atoms with Crippen LogP contribution in [0.15, 0.2) is 66.7 Å². The molecule has 3 aromatic rings. The summed E-state index contributed by atoms with van der Waals surface area (Å²) in [4.78, 5) is 44.4. The van der Waals surface area contributed by atoms with Crippen LogP contribution < -0.4 is 24.2 Å². The number of carbonyl (C=O) groups is 3. The lowest BCUT2D eigenvalue weighted by atomic mass is 10.0. The highest BCUT2D eigenvalue weighted by atomic mass is 16.5. The van der Waals surface area contributed by atoms with Crippen LogP contribution in [0.1, 0.15) is 40.0 Å². The lowest BCUT2D eigenvalue weighted by Crippen LogP contribution is -2.49. The van der Waals surface area contributed by atoms with Crippen LogP contribution in [0.2, 0.25) is 0 Å². The molecule has 0 spiro atoms. The average molecular weight is 486 g/mol. The van der Waals surface area contributed by atoms with E-state index in [4.69, 9.17) is 9.47 Å². The van der Waals surface area contributed by atoms with Gasteiger partial charge in [0.25, 0.3) is 11.8 Å². The molecule has 0 unspecified atom stereocenters. The van der Waals surface area contributed by atoms with Crippen molar-refractivity contribution >= 4 is 34.8 Å². The molecule has 1 fully saturated rings. The molecule has 0 aliphatic carbocycles. The molecule has 2 aliphatic heterocycles. The van der Waals surface area contributed by atoms with Gasteiger partial charge >= 0.3 is 0 Å². The van der Waals surface area contributed by atoms with Gasteiger partial charge in [0.05, 0.1) is 25.5 Å². The normalized spacial score (nSPS) is 15.6. The predicted octanol–water partition coefficient (Wildman–Crippen LogP) is 4.49. The van der Waals surface area contributed by atoms with Crippen LogP contribution in [0.3, 0.4) is 0 Å². The highest BCUT2D eigenvalue weighted by Crippen LogP contribution is 2.35. The molecule has 1 saturated heterocycles. The molecule has 184 valence electrons. The molecule has 3 amide bonds.